The quantitative estimate of drug-likeness (QED) is 0.0245. The summed E-state index contributed by atoms with van der Waals surface area (Å²) in [5.74, 6) is -0.118. The summed E-state index contributed by atoms with van der Waals surface area (Å²) in [5.41, 5.74) is 19.5. The van der Waals surface area contributed by atoms with E-state index in [1.54, 1.807) is 209 Å². The highest BCUT2D eigenvalue weighted by atomic mass is 35.5. The summed E-state index contributed by atoms with van der Waals surface area (Å²) in [4.78, 5) is 90.5. The zero-order chi connectivity index (χ0) is 87.9. The molecule has 6 N–H and O–H groups in total. The van der Waals surface area contributed by atoms with Crippen molar-refractivity contribution in [3.05, 3.63) is 392 Å². The van der Waals surface area contributed by atoms with Crippen LogP contribution in [0.25, 0.3) is 78.5 Å². The van der Waals surface area contributed by atoms with Crippen LogP contribution in [0.2, 0.25) is 10.0 Å². The van der Waals surface area contributed by atoms with Crippen LogP contribution in [0.1, 0.15) is 107 Å². The number of aromatic nitrogens is 13. The lowest BCUT2D eigenvalue weighted by molar-refractivity contribution is 0.0507. The number of hydrogen-bond donors (Lipinski definition) is 5. The van der Waals surface area contributed by atoms with E-state index in [0.29, 0.717) is 96.7 Å². The number of carbonyl (C=O) groups excluding carboxylic acids is 3. The Labute approximate surface area is 782 Å². The Morgan fingerprint density at radius 2 is 0.895 bits per heavy atom. The molecule has 2 aromatic carbocycles. The maximum Gasteiger partial charge on any atom is 0.229 e. The van der Waals surface area contributed by atoms with Crippen molar-refractivity contribution < 1.29 is 61.2 Å². The van der Waals surface area contributed by atoms with Crippen LogP contribution in [0.3, 0.4) is 0 Å². The van der Waals surface area contributed by atoms with Gasteiger partial charge in [0.2, 0.25) is 11.7 Å². The summed E-state index contributed by atoms with van der Waals surface area (Å²) in [6.07, 6.45) is 40.5. The Balaban J connectivity index is 0.000000397. The second kappa shape index (κ2) is 58.0. The summed E-state index contributed by atoms with van der Waals surface area (Å²) in [6, 6.07) is 54.7. The van der Waals surface area contributed by atoms with Gasteiger partial charge in [0.05, 0.1) is 56.7 Å². The average Bonchev–Trinajstić information content (AvgIpc) is 1.62. The number of nitrogens with one attached hydrogen (secondary N) is 1. The Bertz CT molecular complexity index is 6360. The van der Waals surface area contributed by atoms with Gasteiger partial charge < -0.3 is 49.1 Å². The number of carbonyl (C=O) groups is 3. The lowest BCUT2D eigenvalue weighted by atomic mass is 10.1. The van der Waals surface area contributed by atoms with Gasteiger partial charge in [-0.05, 0) is 201 Å². The molecule has 0 aliphatic rings. The average molecular weight is 1840 g/mol. The Hall–Kier alpha value is -16.6. The number of nitrogens with two attached hydrogens (primary N) is 1. The molecule has 0 aliphatic carbocycles. The molecular weight excluding hydrogens is 1730 g/mol. The Morgan fingerprint density at radius 1 is 0.459 bits per heavy atom. The number of anilines is 3. The summed E-state index contributed by atoms with van der Waals surface area (Å²) in [6.45, 7) is 2.11. The molecule has 686 valence electrons. The van der Waals surface area contributed by atoms with E-state index in [0.717, 1.165) is 39.6 Å². The normalized spacial score (nSPS) is 9.64. The molecule has 31 heteroatoms. The van der Waals surface area contributed by atoms with E-state index in [1.165, 1.54) is 73.9 Å². The van der Waals surface area contributed by atoms with E-state index in [4.69, 9.17) is 47.2 Å². The number of furan rings is 3. The third-order valence-corrected chi connectivity index (χ3v) is 17.6. The molecule has 0 atom stereocenters. The van der Waals surface area contributed by atoms with Gasteiger partial charge in [0, 0.05) is 187 Å². The molecule has 0 radical (unpaired) electrons. The molecule has 0 spiro atoms. The summed E-state index contributed by atoms with van der Waals surface area (Å²) in [5, 5.41) is 33.4. The van der Waals surface area contributed by atoms with Crippen molar-refractivity contribution in [1.82, 2.24) is 64.8 Å². The van der Waals surface area contributed by atoms with Crippen LogP contribution in [-0.4, -0.2) is 119 Å². The largest absolute Gasteiger partial charge is 0.506 e. The molecular formula is C102H104Cl2F2N16O11. The number of aliphatic imine (C=N–C) groups is 1. The van der Waals surface area contributed by atoms with Crippen LogP contribution in [0.4, 0.5) is 31.7 Å². The number of pyridine rings is 13. The lowest BCUT2D eigenvalue weighted by Crippen LogP contribution is -2.04. The monoisotopic (exact) mass is 1840 g/mol. The minimum absolute atomic E-state index is 0. The van der Waals surface area contributed by atoms with Gasteiger partial charge in [0.1, 0.15) is 51.5 Å². The van der Waals surface area contributed by atoms with E-state index in [9.17, 15) is 38.5 Å². The molecule has 0 saturated heterocycles. The van der Waals surface area contributed by atoms with Gasteiger partial charge in [-0.2, -0.15) is 0 Å². The molecule has 0 bridgehead atoms. The third kappa shape index (κ3) is 31.7. The summed E-state index contributed by atoms with van der Waals surface area (Å²) in [7, 11) is 1.51. The predicted octanol–water partition coefficient (Wildman–Crippen LogP) is 25.6. The predicted molar refractivity (Wildman–Crippen MR) is 524 cm³/mol. The van der Waals surface area contributed by atoms with Crippen LogP contribution < -0.4 is 15.8 Å². The van der Waals surface area contributed by atoms with E-state index < -0.39 is 11.6 Å². The topological polar surface area (TPSA) is 388 Å². The highest BCUT2D eigenvalue weighted by molar-refractivity contribution is 6.31. The van der Waals surface area contributed by atoms with Crippen LogP contribution in [-0.2, 0) is 4.74 Å². The first-order valence-corrected chi connectivity index (χ1v) is 38.0. The van der Waals surface area contributed by atoms with Gasteiger partial charge >= 0.3 is 0 Å². The van der Waals surface area contributed by atoms with E-state index in [1.807, 2.05) is 66.9 Å². The molecule has 133 heavy (non-hydrogen) atoms. The third-order valence-electron chi connectivity index (χ3n) is 17.0. The first kappa shape index (κ1) is 111. The molecule has 16 heterocycles. The molecule has 0 fully saturated rings. The van der Waals surface area contributed by atoms with Crippen molar-refractivity contribution in [3.8, 4) is 90.5 Å². The van der Waals surface area contributed by atoms with E-state index in [2.05, 4.69) is 92.5 Å². The van der Waals surface area contributed by atoms with E-state index in [-0.39, 0.29) is 111 Å². The second-order valence-electron chi connectivity index (χ2n) is 25.4. The van der Waals surface area contributed by atoms with Crippen molar-refractivity contribution in [3.63, 3.8) is 0 Å². The number of halogens is 4. The van der Waals surface area contributed by atoms with Gasteiger partial charge in [-0.3, -0.25) is 84.2 Å². The van der Waals surface area contributed by atoms with Gasteiger partial charge in [0.25, 0.3) is 0 Å². The fraction of sp³-hybridized carbons (Fsp3) is 0.108. The van der Waals surface area contributed by atoms with Crippen LogP contribution in [0, 0.1) is 18.6 Å². The van der Waals surface area contributed by atoms with Crippen LogP contribution in [0.15, 0.2) is 355 Å². The number of hydrogen-bond acceptors (Lipinski definition) is 27. The maximum absolute atomic E-state index is 13.3. The molecule has 16 aromatic heterocycles. The number of ketones is 1. The smallest absolute Gasteiger partial charge is 0.229 e. The Kier molecular flexibility index (Phi) is 48.2. The van der Waals surface area contributed by atoms with Crippen LogP contribution in [0.5, 0.6) is 23.0 Å². The standard InChI is InChI=1S/C18H12ClFN4O.C17H11ClFN3O.C13H12N2O3.C11H8N2O2.C11H10N2.C10H8N2O.C10H7NO2.C4H4O.8CH4/c19-13-8-11(3-4-14(13)20)24-16-12-5-7-23-15(17(12)25-18(16)21)10-2-1-6-22-9-10;18-14-8-13(3-4-15(14)19)22-10-12-5-7-21-16(17(12)23)11-2-1-6-20-9-11;1-17-9-18-13-11(8-16)4-6-15-12(13)10-3-2-5-14-7-10;14-7-9-3-5-13-10(11(9)15)8-2-1-4-12-6-8;1-9-4-2-7-13-11(9)10-5-3-6-12-8-10;13-9-4-2-6-12-10(9)8-3-1-5-11-7-8;12-10(9-4-2-6-13-9)8-3-1-5-11-7-8;1-2-4-5-3-1;;;;;;;;/h1-9,24H,21H2;1-10,23H;2-8H,9H2,1H3;1-7,15H;2-8H,1H3;1-7,13H;1-7H;1-4H;8*1H4. The summed E-state index contributed by atoms with van der Waals surface area (Å²) >= 11 is 11.5. The SMILES string of the molecule is C.C.C.C.C.C.C.C.COCOc1c(C=O)ccnc1-c1cccnc1.Cc1cccnc1-c1cccnc1.Nc1oc2c(-c3cccnc3)nccc2c1Nc1ccc(F)c(Cl)c1.O=C(c1cccnc1)c1ccco1.O=Cc1ccnc(-c2cccnc2)c1O.Oc1c(C=Nc2ccc(F)c(Cl)c2)ccnc1-c1cccnc1.Oc1cccnc1-c1cccnc1.c1ccoc1. The van der Waals surface area contributed by atoms with Crippen molar-refractivity contribution in [2.75, 3.05) is 25.0 Å². The maximum atomic E-state index is 13.3. The second-order valence-corrected chi connectivity index (χ2v) is 26.2. The van der Waals surface area contributed by atoms with Crippen LogP contribution >= 0.6 is 23.2 Å². The number of nitrogen functional groups attached to an aromatic ring is 1. The van der Waals surface area contributed by atoms with Crippen molar-refractivity contribution >= 4 is 81.7 Å². The zero-order valence-corrected chi connectivity index (χ0v) is 67.7. The Morgan fingerprint density at radius 3 is 1.36 bits per heavy atom. The fourth-order valence-electron chi connectivity index (χ4n) is 11.1. The number of fused-ring (bicyclic) bond motifs is 1. The number of aromatic hydroxyl groups is 3. The molecule has 0 aliphatic heterocycles. The highest BCUT2D eigenvalue weighted by Gasteiger charge is 2.20. The molecule has 18 aromatic rings. The van der Waals surface area contributed by atoms with Gasteiger partial charge in [-0.15, -0.1) is 0 Å². The first-order valence-electron chi connectivity index (χ1n) is 37.3. The lowest BCUT2D eigenvalue weighted by Gasteiger charge is -2.11. The van der Waals surface area contributed by atoms with Gasteiger partial charge in [0.15, 0.2) is 48.0 Å². The number of aldehydes is 2. The highest BCUT2D eigenvalue weighted by Crippen LogP contribution is 2.40. The molecule has 0 amide bonds. The number of aryl methyl sites for hydroxylation is 1. The number of ether oxygens (including phenoxy) is 2. The van der Waals surface area contributed by atoms with Gasteiger partial charge in [-0.1, -0.05) is 88.7 Å². The molecule has 18 rings (SSSR count). The molecule has 0 unspecified atom stereocenters. The number of benzene rings is 2. The number of rotatable bonds is 17. The molecule has 27 nitrogen and oxygen atoms in total. The van der Waals surface area contributed by atoms with Crippen molar-refractivity contribution in [1.29, 1.82) is 0 Å². The van der Waals surface area contributed by atoms with Crippen molar-refractivity contribution in [2.45, 2.75) is 66.3 Å². The fourth-order valence-corrected chi connectivity index (χ4v) is 11.4. The number of methoxy groups -OCH3 is 1. The van der Waals surface area contributed by atoms with Crippen molar-refractivity contribution in [2.24, 2.45) is 4.99 Å². The first-order chi connectivity index (χ1) is 61.1. The van der Waals surface area contributed by atoms with Gasteiger partial charge in [-0.25, -0.2) is 8.78 Å². The zero-order valence-electron chi connectivity index (χ0n) is 66.2. The number of nitrogens with zero attached hydrogens (tertiary/aromatic N) is 14. The summed E-state index contributed by atoms with van der Waals surface area (Å²) < 4.78 is 52.0. The molecule has 0 saturated carbocycles. The minimum Gasteiger partial charge on any atom is -0.506 e. The van der Waals surface area contributed by atoms with E-state index >= 15 is 0 Å². The minimum atomic E-state index is -0.503.